The summed E-state index contributed by atoms with van der Waals surface area (Å²) in [5.74, 6) is 1.31. The maximum absolute atomic E-state index is 11.7. The molecule has 0 unspecified atom stereocenters. The molecule has 0 aliphatic carbocycles. The molecule has 0 aliphatic heterocycles. The third kappa shape index (κ3) is 2.37. The second kappa shape index (κ2) is 5.20. The first-order valence-electron chi connectivity index (χ1n) is 6.41. The fraction of sp³-hybridized carbons (Fsp3) is 0.583. The summed E-state index contributed by atoms with van der Waals surface area (Å²) in [5.41, 5.74) is 6.07. The van der Waals surface area contributed by atoms with Gasteiger partial charge < -0.3 is 10.7 Å². The molecule has 0 aromatic carbocycles. The Morgan fingerprint density at radius 3 is 2.44 bits per heavy atom. The molecular weight excluding hydrogens is 230 g/mol. The molecule has 98 valence electrons. The van der Waals surface area contributed by atoms with E-state index in [2.05, 4.69) is 33.8 Å². The Labute approximate surface area is 105 Å². The summed E-state index contributed by atoms with van der Waals surface area (Å²) in [6.07, 6.45) is 4.30. The third-order valence-corrected chi connectivity index (χ3v) is 3.06. The van der Waals surface area contributed by atoms with E-state index in [9.17, 15) is 4.79 Å². The van der Waals surface area contributed by atoms with Crippen LogP contribution in [0, 0.1) is 0 Å². The van der Waals surface area contributed by atoms with Gasteiger partial charge in [0.2, 0.25) is 5.95 Å². The number of aromatic amines is 2. The van der Waals surface area contributed by atoms with Crippen molar-refractivity contribution in [1.82, 2.24) is 19.9 Å². The number of rotatable bonds is 5. The first kappa shape index (κ1) is 12.6. The first-order valence-corrected chi connectivity index (χ1v) is 6.41. The van der Waals surface area contributed by atoms with E-state index < -0.39 is 0 Å². The van der Waals surface area contributed by atoms with Crippen LogP contribution in [-0.4, -0.2) is 19.9 Å². The van der Waals surface area contributed by atoms with E-state index in [1.54, 1.807) is 0 Å². The summed E-state index contributed by atoms with van der Waals surface area (Å²) in [6, 6.07) is 0. The van der Waals surface area contributed by atoms with Crippen molar-refractivity contribution in [2.45, 2.75) is 45.4 Å². The number of nitrogens with zero attached hydrogens (tertiary/aromatic N) is 2. The van der Waals surface area contributed by atoms with Gasteiger partial charge in [-0.1, -0.05) is 26.7 Å². The van der Waals surface area contributed by atoms with Crippen molar-refractivity contribution in [1.29, 1.82) is 0 Å². The minimum atomic E-state index is -0.261. The molecule has 6 heteroatoms. The predicted octanol–water partition coefficient (Wildman–Crippen LogP) is 1.91. The summed E-state index contributed by atoms with van der Waals surface area (Å²) in [5, 5.41) is 0. The molecule has 2 heterocycles. The van der Waals surface area contributed by atoms with Gasteiger partial charge in [0.1, 0.15) is 5.82 Å². The van der Waals surface area contributed by atoms with Gasteiger partial charge in [-0.15, -0.1) is 0 Å². The third-order valence-electron chi connectivity index (χ3n) is 3.06. The number of anilines is 1. The van der Waals surface area contributed by atoms with Gasteiger partial charge in [-0.25, -0.2) is 4.98 Å². The minimum absolute atomic E-state index is 0.105. The highest BCUT2D eigenvalue weighted by Crippen LogP contribution is 2.24. The van der Waals surface area contributed by atoms with Crippen molar-refractivity contribution in [3.8, 4) is 0 Å². The summed E-state index contributed by atoms with van der Waals surface area (Å²) >= 11 is 0. The number of imidazole rings is 1. The summed E-state index contributed by atoms with van der Waals surface area (Å²) in [4.78, 5) is 25.7. The van der Waals surface area contributed by atoms with Crippen LogP contribution in [0.5, 0.6) is 0 Å². The normalized spacial score (nSPS) is 11.5. The topological polar surface area (TPSA) is 100 Å². The maximum Gasteiger partial charge on any atom is 0.278 e. The van der Waals surface area contributed by atoms with Gasteiger partial charge >= 0.3 is 0 Å². The van der Waals surface area contributed by atoms with Gasteiger partial charge in [-0.3, -0.25) is 9.78 Å². The number of hydrogen-bond acceptors (Lipinski definition) is 4. The van der Waals surface area contributed by atoms with Crippen LogP contribution in [-0.2, 0) is 0 Å². The molecule has 4 N–H and O–H groups in total. The zero-order valence-electron chi connectivity index (χ0n) is 10.8. The zero-order chi connectivity index (χ0) is 13.1. The molecule has 0 bridgehead atoms. The van der Waals surface area contributed by atoms with E-state index in [4.69, 9.17) is 5.73 Å². The summed E-state index contributed by atoms with van der Waals surface area (Å²) in [7, 11) is 0. The second-order valence-electron chi connectivity index (χ2n) is 4.55. The number of hydrogen-bond donors (Lipinski definition) is 3. The van der Waals surface area contributed by atoms with Crippen molar-refractivity contribution in [2.24, 2.45) is 0 Å². The van der Waals surface area contributed by atoms with Crippen LogP contribution < -0.4 is 11.3 Å². The number of nitrogens with one attached hydrogen (secondary N) is 2. The van der Waals surface area contributed by atoms with Crippen molar-refractivity contribution in [3.63, 3.8) is 0 Å². The molecule has 2 rings (SSSR count). The van der Waals surface area contributed by atoms with Gasteiger partial charge in [-0.05, 0) is 12.8 Å². The summed E-state index contributed by atoms with van der Waals surface area (Å²) in [6.45, 7) is 4.29. The molecule has 0 spiro atoms. The lowest BCUT2D eigenvalue weighted by Crippen LogP contribution is -2.11. The largest absolute Gasteiger partial charge is 0.369 e. The summed E-state index contributed by atoms with van der Waals surface area (Å²) < 4.78 is 0. The predicted molar refractivity (Wildman–Crippen MR) is 71.5 cm³/mol. The fourth-order valence-corrected chi connectivity index (χ4v) is 2.25. The lowest BCUT2D eigenvalue weighted by Gasteiger charge is -2.11. The zero-order valence-corrected chi connectivity index (χ0v) is 10.8. The van der Waals surface area contributed by atoms with E-state index in [0.717, 1.165) is 31.5 Å². The fourth-order valence-electron chi connectivity index (χ4n) is 2.25. The van der Waals surface area contributed by atoms with Crippen molar-refractivity contribution < 1.29 is 0 Å². The van der Waals surface area contributed by atoms with Gasteiger partial charge in [-0.2, -0.15) is 4.98 Å². The monoisotopic (exact) mass is 249 g/mol. The van der Waals surface area contributed by atoms with Crippen molar-refractivity contribution >= 4 is 17.1 Å². The van der Waals surface area contributed by atoms with Crippen LogP contribution in [0.15, 0.2) is 4.79 Å². The number of aromatic nitrogens is 4. The lowest BCUT2D eigenvalue weighted by atomic mass is 9.98. The smallest absolute Gasteiger partial charge is 0.278 e. The van der Waals surface area contributed by atoms with Crippen molar-refractivity contribution in [2.75, 3.05) is 5.73 Å². The van der Waals surface area contributed by atoms with Crippen LogP contribution in [0.25, 0.3) is 11.2 Å². The molecule has 2 aromatic rings. The molecule has 18 heavy (non-hydrogen) atoms. The first-order chi connectivity index (χ1) is 8.65. The molecule has 0 atom stereocenters. The molecule has 6 nitrogen and oxygen atoms in total. The van der Waals surface area contributed by atoms with Gasteiger partial charge in [0.15, 0.2) is 11.2 Å². The Morgan fingerprint density at radius 2 is 1.83 bits per heavy atom. The van der Waals surface area contributed by atoms with E-state index in [-0.39, 0.29) is 11.5 Å². The van der Waals surface area contributed by atoms with Gasteiger partial charge in [0.05, 0.1) is 0 Å². The van der Waals surface area contributed by atoms with Crippen LogP contribution in [0.3, 0.4) is 0 Å². The molecule has 0 amide bonds. The quantitative estimate of drug-likeness (QED) is 0.753. The van der Waals surface area contributed by atoms with Crippen LogP contribution in [0.1, 0.15) is 51.3 Å². The number of nitrogens with two attached hydrogens (primary N) is 1. The minimum Gasteiger partial charge on any atom is -0.369 e. The second-order valence-corrected chi connectivity index (χ2v) is 4.55. The number of H-pyrrole nitrogens is 2. The molecule has 2 aromatic heterocycles. The number of nitrogen functional groups attached to an aromatic ring is 1. The highest BCUT2D eigenvalue weighted by atomic mass is 16.1. The van der Waals surface area contributed by atoms with E-state index in [1.807, 2.05) is 0 Å². The highest BCUT2D eigenvalue weighted by Gasteiger charge is 2.16. The SMILES string of the molecule is CCCC(CCC)c1nc2nc(N)[nH]c(=O)c2[nH]1. The van der Waals surface area contributed by atoms with Crippen LogP contribution >= 0.6 is 0 Å². The standard InChI is InChI=1S/C12H19N5O/c1-3-5-7(6-4-2)9-14-8-10(15-9)16-12(13)17-11(8)18/h7H,3-6H2,1-2H3,(H4,13,14,15,16,17,18). The molecule has 0 saturated carbocycles. The van der Waals surface area contributed by atoms with Crippen LogP contribution in [0.4, 0.5) is 5.95 Å². The van der Waals surface area contributed by atoms with Crippen molar-refractivity contribution in [3.05, 3.63) is 16.2 Å². The Balaban J connectivity index is 2.45. The van der Waals surface area contributed by atoms with Gasteiger partial charge in [0.25, 0.3) is 5.56 Å². The average molecular weight is 249 g/mol. The van der Waals surface area contributed by atoms with Crippen LogP contribution in [0.2, 0.25) is 0 Å². The molecular formula is C12H19N5O. The van der Waals surface area contributed by atoms with E-state index >= 15 is 0 Å². The Hall–Kier alpha value is -1.85. The number of fused-ring (bicyclic) bond motifs is 1. The maximum atomic E-state index is 11.7. The molecule has 0 radical (unpaired) electrons. The average Bonchev–Trinajstić information content (AvgIpc) is 2.72. The molecule has 0 fully saturated rings. The van der Waals surface area contributed by atoms with E-state index in [1.165, 1.54) is 0 Å². The Morgan fingerprint density at radius 1 is 1.17 bits per heavy atom. The lowest BCUT2D eigenvalue weighted by molar-refractivity contribution is 0.539. The van der Waals surface area contributed by atoms with Gasteiger partial charge in [0, 0.05) is 5.92 Å². The Bertz CT molecular complexity index is 580. The van der Waals surface area contributed by atoms with E-state index in [0.29, 0.717) is 17.1 Å². The highest BCUT2D eigenvalue weighted by molar-refractivity contribution is 5.70. The Kier molecular flexibility index (Phi) is 3.64. The molecule has 0 saturated heterocycles. The molecule has 0 aliphatic rings.